The number of hydrogen-bond donors (Lipinski definition) is 2. The molecule has 0 fully saturated rings. The molecule has 156 valence electrons. The zero-order valence-electron chi connectivity index (χ0n) is 17.0. The first-order chi connectivity index (χ1) is 14.9. The molecule has 0 aliphatic carbocycles. The number of anilines is 2. The molecule has 0 atom stereocenters. The van der Waals surface area contributed by atoms with E-state index >= 15 is 0 Å². The van der Waals surface area contributed by atoms with E-state index in [1.54, 1.807) is 24.3 Å². The lowest BCUT2D eigenvalue weighted by atomic mass is 10.0. The molecule has 0 aromatic heterocycles. The van der Waals surface area contributed by atoms with Crippen molar-refractivity contribution in [2.75, 3.05) is 11.5 Å². The molecule has 0 aliphatic rings. The van der Waals surface area contributed by atoms with Crippen LogP contribution in [0.3, 0.4) is 0 Å². The second-order valence-electron chi connectivity index (χ2n) is 7.63. The van der Waals surface area contributed by atoms with E-state index in [0.717, 1.165) is 46.5 Å². The van der Waals surface area contributed by atoms with Crippen LogP contribution in [0.15, 0.2) is 107 Å². The Labute approximate surface area is 183 Å². The third-order valence-corrected chi connectivity index (χ3v) is 7.03. The highest BCUT2D eigenvalue weighted by Gasteiger charge is 2.17. The molecule has 4 aromatic carbocycles. The van der Waals surface area contributed by atoms with Gasteiger partial charge < -0.3 is 11.5 Å². The molecule has 0 radical (unpaired) electrons. The van der Waals surface area contributed by atoms with Crippen LogP contribution in [0.1, 0.15) is 22.3 Å². The monoisotopic (exact) mass is 428 g/mol. The summed E-state index contributed by atoms with van der Waals surface area (Å²) in [6.07, 6.45) is 1.45. The Morgan fingerprint density at radius 1 is 0.452 bits per heavy atom. The molecule has 0 heterocycles. The fourth-order valence-electron chi connectivity index (χ4n) is 3.45. The number of nitrogens with two attached hydrogens (primary N) is 2. The van der Waals surface area contributed by atoms with Gasteiger partial charge in [0.1, 0.15) is 0 Å². The lowest BCUT2D eigenvalue weighted by Crippen LogP contribution is -2.02. The second-order valence-corrected chi connectivity index (χ2v) is 9.58. The van der Waals surface area contributed by atoms with Crippen LogP contribution >= 0.6 is 0 Å². The Kier molecular flexibility index (Phi) is 5.78. The topological polar surface area (TPSA) is 86.2 Å². The summed E-state index contributed by atoms with van der Waals surface area (Å²) in [5, 5.41) is 0. The Bertz CT molecular complexity index is 1160. The Balaban J connectivity index is 1.48. The minimum Gasteiger partial charge on any atom is -0.399 e. The van der Waals surface area contributed by atoms with Crippen molar-refractivity contribution >= 4 is 21.2 Å². The normalized spacial score (nSPS) is 11.4. The molecule has 4 aromatic rings. The largest absolute Gasteiger partial charge is 0.399 e. The van der Waals surface area contributed by atoms with E-state index in [1.165, 1.54) is 0 Å². The number of nitrogen functional groups attached to an aromatic ring is 2. The molecule has 4 rings (SSSR count). The van der Waals surface area contributed by atoms with Crippen LogP contribution in [0, 0.1) is 0 Å². The maximum atomic E-state index is 13.0. The molecule has 0 saturated heterocycles. The van der Waals surface area contributed by atoms with Gasteiger partial charge in [0.2, 0.25) is 9.84 Å². The van der Waals surface area contributed by atoms with Crippen molar-refractivity contribution in [3.8, 4) is 0 Å². The van der Waals surface area contributed by atoms with Gasteiger partial charge in [0.15, 0.2) is 0 Å². The summed E-state index contributed by atoms with van der Waals surface area (Å²) < 4.78 is 26.0. The molecule has 0 amide bonds. The molecule has 0 unspecified atom stereocenters. The number of rotatable bonds is 6. The average Bonchev–Trinajstić information content (AvgIpc) is 2.78. The zero-order chi connectivity index (χ0) is 21.8. The van der Waals surface area contributed by atoms with E-state index in [4.69, 9.17) is 11.5 Å². The zero-order valence-corrected chi connectivity index (χ0v) is 17.8. The Morgan fingerprint density at radius 2 is 0.710 bits per heavy atom. The van der Waals surface area contributed by atoms with Crippen LogP contribution in [0.5, 0.6) is 0 Å². The molecule has 4 N–H and O–H groups in total. The van der Waals surface area contributed by atoms with E-state index in [1.807, 2.05) is 72.8 Å². The molecular formula is C26H24N2O2S. The van der Waals surface area contributed by atoms with E-state index in [2.05, 4.69) is 0 Å². The molecule has 4 nitrogen and oxygen atoms in total. The summed E-state index contributed by atoms with van der Waals surface area (Å²) >= 11 is 0. The van der Waals surface area contributed by atoms with Crippen molar-refractivity contribution in [1.29, 1.82) is 0 Å². The van der Waals surface area contributed by atoms with Gasteiger partial charge in [-0.1, -0.05) is 48.5 Å². The quantitative estimate of drug-likeness (QED) is 0.429. The van der Waals surface area contributed by atoms with Crippen molar-refractivity contribution in [3.05, 3.63) is 119 Å². The van der Waals surface area contributed by atoms with Gasteiger partial charge in [0.25, 0.3) is 0 Å². The predicted octanol–water partition coefficient (Wildman–Crippen LogP) is 4.87. The van der Waals surface area contributed by atoms with Gasteiger partial charge in [0, 0.05) is 11.4 Å². The van der Waals surface area contributed by atoms with Gasteiger partial charge in [-0.15, -0.1) is 0 Å². The van der Waals surface area contributed by atoms with Gasteiger partial charge in [-0.3, -0.25) is 0 Å². The van der Waals surface area contributed by atoms with Gasteiger partial charge >= 0.3 is 0 Å². The smallest absolute Gasteiger partial charge is 0.206 e. The third kappa shape index (κ3) is 4.95. The summed E-state index contributed by atoms with van der Waals surface area (Å²) in [6, 6.07) is 29.5. The highest BCUT2D eigenvalue weighted by atomic mass is 32.2. The predicted molar refractivity (Wildman–Crippen MR) is 126 cm³/mol. The van der Waals surface area contributed by atoms with Gasteiger partial charge in [-0.05, 0) is 83.6 Å². The summed E-state index contributed by atoms with van der Waals surface area (Å²) in [5.74, 6) is 0. The third-order valence-electron chi connectivity index (χ3n) is 5.24. The summed E-state index contributed by atoms with van der Waals surface area (Å²) in [7, 11) is -3.56. The van der Waals surface area contributed by atoms with E-state index in [0.29, 0.717) is 9.79 Å². The average molecular weight is 429 g/mol. The molecule has 0 aliphatic heterocycles. The Morgan fingerprint density at radius 3 is 1.00 bits per heavy atom. The van der Waals surface area contributed by atoms with E-state index in [-0.39, 0.29) is 0 Å². The van der Waals surface area contributed by atoms with E-state index in [9.17, 15) is 8.42 Å². The maximum Gasteiger partial charge on any atom is 0.206 e. The molecular weight excluding hydrogens is 404 g/mol. The lowest BCUT2D eigenvalue weighted by Gasteiger charge is -2.08. The highest BCUT2D eigenvalue weighted by molar-refractivity contribution is 7.91. The summed E-state index contributed by atoms with van der Waals surface area (Å²) in [4.78, 5) is 0.583. The molecule has 0 saturated carbocycles. The van der Waals surface area contributed by atoms with Crippen molar-refractivity contribution in [3.63, 3.8) is 0 Å². The summed E-state index contributed by atoms with van der Waals surface area (Å²) in [6.45, 7) is 0. The van der Waals surface area contributed by atoms with Crippen LogP contribution in [-0.2, 0) is 22.7 Å². The fourth-order valence-corrected chi connectivity index (χ4v) is 4.71. The minimum absolute atomic E-state index is 0.292. The highest BCUT2D eigenvalue weighted by Crippen LogP contribution is 2.23. The van der Waals surface area contributed by atoms with Gasteiger partial charge in [-0.25, -0.2) is 8.42 Å². The molecule has 0 spiro atoms. The van der Waals surface area contributed by atoms with Gasteiger partial charge in [0.05, 0.1) is 9.79 Å². The molecule has 31 heavy (non-hydrogen) atoms. The van der Waals surface area contributed by atoms with Crippen molar-refractivity contribution in [2.45, 2.75) is 22.6 Å². The van der Waals surface area contributed by atoms with Crippen LogP contribution in [-0.4, -0.2) is 8.42 Å². The number of sulfone groups is 1. The van der Waals surface area contributed by atoms with Crippen LogP contribution in [0.25, 0.3) is 0 Å². The molecule has 0 bridgehead atoms. The second kappa shape index (κ2) is 8.66. The maximum absolute atomic E-state index is 13.0. The lowest BCUT2D eigenvalue weighted by molar-refractivity contribution is 0.596. The minimum atomic E-state index is -3.56. The molecule has 5 heteroatoms. The first-order valence-electron chi connectivity index (χ1n) is 10.0. The van der Waals surface area contributed by atoms with E-state index < -0.39 is 9.84 Å². The van der Waals surface area contributed by atoms with Crippen LogP contribution in [0.4, 0.5) is 11.4 Å². The van der Waals surface area contributed by atoms with Crippen molar-refractivity contribution in [1.82, 2.24) is 0 Å². The number of benzene rings is 4. The van der Waals surface area contributed by atoms with Crippen LogP contribution in [0.2, 0.25) is 0 Å². The first kappa shape index (κ1) is 20.7. The van der Waals surface area contributed by atoms with Crippen LogP contribution < -0.4 is 11.5 Å². The van der Waals surface area contributed by atoms with Crippen molar-refractivity contribution < 1.29 is 8.42 Å². The van der Waals surface area contributed by atoms with Crippen molar-refractivity contribution in [2.24, 2.45) is 0 Å². The standard InChI is InChI=1S/C26H24N2O2S/c27-23-9-1-19(2-10-23)17-21-5-13-25(14-6-21)31(29,30)26-15-7-22(8-16-26)18-20-3-11-24(28)12-4-20/h1-16H,17-18,27-28H2. The number of hydrogen-bond acceptors (Lipinski definition) is 4. The van der Waals surface area contributed by atoms with Gasteiger partial charge in [-0.2, -0.15) is 0 Å². The first-order valence-corrected chi connectivity index (χ1v) is 11.5. The fraction of sp³-hybridized carbons (Fsp3) is 0.0769. The summed E-state index contributed by atoms with van der Waals surface area (Å²) in [5.41, 5.74) is 17.2. The SMILES string of the molecule is Nc1ccc(Cc2ccc(S(=O)(=O)c3ccc(Cc4ccc(N)cc4)cc3)cc2)cc1. The Hall–Kier alpha value is -3.57.